The zero-order chi connectivity index (χ0) is 13.9. The Labute approximate surface area is 131 Å². The van der Waals surface area contributed by atoms with Gasteiger partial charge in [-0.05, 0) is 44.8 Å². The summed E-state index contributed by atoms with van der Waals surface area (Å²) in [4.78, 5) is 1.17. The minimum Gasteiger partial charge on any atom is -0.320 e. The van der Waals surface area contributed by atoms with Crippen molar-refractivity contribution in [2.45, 2.75) is 6.04 Å². The first kappa shape index (κ1) is 13.6. The van der Waals surface area contributed by atoms with Crippen molar-refractivity contribution in [2.24, 2.45) is 5.73 Å². The van der Waals surface area contributed by atoms with E-state index in [-0.39, 0.29) is 6.04 Å². The van der Waals surface area contributed by atoms with Crippen LogP contribution in [0.5, 0.6) is 0 Å². The molecule has 1 aromatic heterocycles. The van der Waals surface area contributed by atoms with Gasteiger partial charge in [0.25, 0.3) is 0 Å². The van der Waals surface area contributed by atoms with Gasteiger partial charge in [-0.1, -0.05) is 54.6 Å². The van der Waals surface area contributed by atoms with Crippen LogP contribution in [0, 0.1) is 0 Å². The van der Waals surface area contributed by atoms with Gasteiger partial charge in [-0.3, -0.25) is 0 Å². The lowest BCUT2D eigenvalue weighted by molar-refractivity contribution is 0.894. The summed E-state index contributed by atoms with van der Waals surface area (Å²) in [5.74, 6) is 0. The summed E-state index contributed by atoms with van der Waals surface area (Å²) in [6.07, 6.45) is 0. The molecule has 2 aromatic carbocycles. The summed E-state index contributed by atoms with van der Waals surface area (Å²) < 4.78 is 1.11. The highest BCUT2D eigenvalue weighted by Gasteiger charge is 2.11. The highest BCUT2D eigenvalue weighted by Crippen LogP contribution is 2.30. The molecule has 0 fully saturated rings. The molecule has 0 spiro atoms. The molecule has 3 aromatic rings. The molecule has 0 aliphatic rings. The number of halogens is 1. The van der Waals surface area contributed by atoms with E-state index in [0.29, 0.717) is 0 Å². The standard InChI is InChI=1S/C17H14BrNS/c18-16-11-10-15(20-16)17(19)14-8-6-13(7-9-14)12-4-2-1-3-5-12/h1-11,17H,19H2. The molecule has 100 valence electrons. The van der Waals surface area contributed by atoms with Crippen molar-refractivity contribution in [2.75, 3.05) is 0 Å². The summed E-state index contributed by atoms with van der Waals surface area (Å²) in [7, 11) is 0. The molecule has 3 heteroatoms. The van der Waals surface area contributed by atoms with Gasteiger partial charge in [0.2, 0.25) is 0 Å². The third-order valence-corrected chi connectivity index (χ3v) is 4.98. The second-order valence-electron chi connectivity index (χ2n) is 4.61. The summed E-state index contributed by atoms with van der Waals surface area (Å²) in [6, 6.07) is 22.9. The molecule has 3 rings (SSSR count). The van der Waals surface area contributed by atoms with Crippen molar-refractivity contribution in [3.63, 3.8) is 0 Å². The van der Waals surface area contributed by atoms with Gasteiger partial charge in [-0.25, -0.2) is 0 Å². The van der Waals surface area contributed by atoms with Crippen LogP contribution in [0.2, 0.25) is 0 Å². The molecule has 20 heavy (non-hydrogen) atoms. The van der Waals surface area contributed by atoms with Gasteiger partial charge < -0.3 is 5.73 Å². The second-order valence-corrected chi connectivity index (χ2v) is 7.10. The van der Waals surface area contributed by atoms with Crippen LogP contribution < -0.4 is 5.73 Å². The Morgan fingerprint density at radius 3 is 2.05 bits per heavy atom. The fourth-order valence-corrected chi connectivity index (χ4v) is 3.63. The van der Waals surface area contributed by atoms with Crippen LogP contribution in [0.4, 0.5) is 0 Å². The number of hydrogen-bond acceptors (Lipinski definition) is 2. The van der Waals surface area contributed by atoms with Gasteiger partial charge in [0.15, 0.2) is 0 Å². The van der Waals surface area contributed by atoms with Crippen molar-refractivity contribution in [3.8, 4) is 11.1 Å². The Morgan fingerprint density at radius 1 is 0.800 bits per heavy atom. The van der Waals surface area contributed by atoms with E-state index in [1.165, 1.54) is 16.0 Å². The van der Waals surface area contributed by atoms with E-state index in [0.717, 1.165) is 9.35 Å². The maximum Gasteiger partial charge on any atom is 0.0702 e. The zero-order valence-corrected chi connectivity index (χ0v) is 13.2. The molecule has 0 radical (unpaired) electrons. The summed E-state index contributed by atoms with van der Waals surface area (Å²) in [6.45, 7) is 0. The monoisotopic (exact) mass is 343 g/mol. The average Bonchev–Trinajstić information content (AvgIpc) is 2.94. The molecular formula is C17H14BrNS. The first-order valence-corrected chi connectivity index (χ1v) is 8.01. The Bertz CT molecular complexity index is 689. The van der Waals surface area contributed by atoms with Crippen molar-refractivity contribution in [1.29, 1.82) is 0 Å². The predicted octanol–water partition coefficient (Wildman–Crippen LogP) is 5.23. The van der Waals surface area contributed by atoms with Crippen LogP contribution in [-0.4, -0.2) is 0 Å². The summed E-state index contributed by atoms with van der Waals surface area (Å²) in [5, 5.41) is 0. The highest BCUT2D eigenvalue weighted by molar-refractivity contribution is 9.11. The molecule has 0 saturated carbocycles. The zero-order valence-electron chi connectivity index (χ0n) is 10.8. The van der Waals surface area contributed by atoms with Crippen molar-refractivity contribution >= 4 is 27.3 Å². The molecule has 0 aliphatic carbocycles. The maximum absolute atomic E-state index is 6.31. The van der Waals surface area contributed by atoms with Crippen LogP contribution >= 0.6 is 27.3 Å². The third kappa shape index (κ3) is 2.85. The van der Waals surface area contributed by atoms with Gasteiger partial charge in [0.05, 0.1) is 9.83 Å². The number of hydrogen-bond donors (Lipinski definition) is 1. The molecule has 0 amide bonds. The quantitative estimate of drug-likeness (QED) is 0.692. The van der Waals surface area contributed by atoms with E-state index < -0.39 is 0 Å². The Kier molecular flexibility index (Phi) is 4.01. The fraction of sp³-hybridized carbons (Fsp3) is 0.0588. The van der Waals surface area contributed by atoms with Gasteiger partial charge in [0, 0.05) is 4.88 Å². The first-order chi connectivity index (χ1) is 9.74. The summed E-state index contributed by atoms with van der Waals surface area (Å²) >= 11 is 5.16. The van der Waals surface area contributed by atoms with Crippen LogP contribution in [-0.2, 0) is 0 Å². The molecular weight excluding hydrogens is 330 g/mol. The van der Waals surface area contributed by atoms with Crippen LogP contribution in [0.25, 0.3) is 11.1 Å². The molecule has 0 aliphatic heterocycles. The first-order valence-electron chi connectivity index (χ1n) is 6.40. The number of thiophene rings is 1. The van der Waals surface area contributed by atoms with Gasteiger partial charge in [-0.15, -0.1) is 11.3 Å². The molecule has 1 atom stereocenters. The minimum absolute atomic E-state index is 0.0591. The molecule has 2 N–H and O–H groups in total. The Balaban J connectivity index is 1.86. The smallest absolute Gasteiger partial charge is 0.0702 e. The molecule has 1 heterocycles. The van der Waals surface area contributed by atoms with Crippen molar-refractivity contribution in [1.82, 2.24) is 0 Å². The number of benzene rings is 2. The number of nitrogens with two attached hydrogens (primary N) is 1. The van der Waals surface area contributed by atoms with E-state index in [2.05, 4.69) is 70.5 Å². The normalized spacial score (nSPS) is 12.3. The molecule has 0 saturated heterocycles. The SMILES string of the molecule is NC(c1ccc(-c2ccccc2)cc1)c1ccc(Br)s1. The third-order valence-electron chi connectivity index (χ3n) is 3.28. The van der Waals surface area contributed by atoms with E-state index in [9.17, 15) is 0 Å². The van der Waals surface area contributed by atoms with E-state index in [1.807, 2.05) is 12.1 Å². The predicted molar refractivity (Wildman–Crippen MR) is 89.9 cm³/mol. The van der Waals surface area contributed by atoms with E-state index in [4.69, 9.17) is 5.73 Å². The minimum atomic E-state index is -0.0591. The van der Waals surface area contributed by atoms with Gasteiger partial charge in [-0.2, -0.15) is 0 Å². The van der Waals surface area contributed by atoms with Crippen molar-refractivity contribution < 1.29 is 0 Å². The van der Waals surface area contributed by atoms with E-state index >= 15 is 0 Å². The highest BCUT2D eigenvalue weighted by atomic mass is 79.9. The second kappa shape index (κ2) is 5.92. The Morgan fingerprint density at radius 2 is 1.45 bits per heavy atom. The molecule has 1 nitrogen and oxygen atoms in total. The van der Waals surface area contributed by atoms with Gasteiger partial charge in [0.1, 0.15) is 0 Å². The average molecular weight is 344 g/mol. The lowest BCUT2D eigenvalue weighted by Gasteiger charge is -2.11. The maximum atomic E-state index is 6.31. The topological polar surface area (TPSA) is 26.0 Å². The van der Waals surface area contributed by atoms with Crippen LogP contribution in [0.15, 0.2) is 70.5 Å². The molecule has 0 bridgehead atoms. The number of rotatable bonds is 3. The fourth-order valence-electron chi connectivity index (χ4n) is 2.17. The lowest BCUT2D eigenvalue weighted by Crippen LogP contribution is -2.09. The van der Waals surface area contributed by atoms with Crippen LogP contribution in [0.3, 0.4) is 0 Å². The van der Waals surface area contributed by atoms with Gasteiger partial charge >= 0.3 is 0 Å². The van der Waals surface area contributed by atoms with Crippen molar-refractivity contribution in [3.05, 3.63) is 81.0 Å². The van der Waals surface area contributed by atoms with Crippen LogP contribution in [0.1, 0.15) is 16.5 Å². The molecule has 1 unspecified atom stereocenters. The Hall–Kier alpha value is -1.42. The van der Waals surface area contributed by atoms with E-state index in [1.54, 1.807) is 11.3 Å². The largest absolute Gasteiger partial charge is 0.320 e. The lowest BCUT2D eigenvalue weighted by atomic mass is 10.0. The summed E-state index contributed by atoms with van der Waals surface area (Å²) in [5.41, 5.74) is 9.89.